The van der Waals surface area contributed by atoms with Crippen molar-refractivity contribution >= 4 is 34.9 Å². The Bertz CT molecular complexity index is 328. The van der Waals surface area contributed by atoms with Gasteiger partial charge < -0.3 is 5.73 Å². The molecule has 0 spiro atoms. The minimum atomic E-state index is -4.24. The first-order chi connectivity index (χ1) is 7.47. The average molecular weight is 289 g/mol. The molecule has 1 heterocycles. The molecule has 1 aromatic heterocycles. The smallest absolute Gasteiger partial charge is 0.330 e. The van der Waals surface area contributed by atoms with E-state index in [1.54, 1.807) is 0 Å². The van der Waals surface area contributed by atoms with Crippen LogP contribution in [0, 0.1) is 5.92 Å². The molecule has 92 valence electrons. The zero-order valence-electron chi connectivity index (χ0n) is 8.32. The van der Waals surface area contributed by atoms with Crippen LogP contribution < -0.4 is 5.73 Å². The molecule has 2 N–H and O–H groups in total. The monoisotopic (exact) mass is 289 g/mol. The van der Waals surface area contributed by atoms with Crippen LogP contribution in [0.2, 0.25) is 0 Å². The zero-order chi connectivity index (χ0) is 12.2. The van der Waals surface area contributed by atoms with E-state index < -0.39 is 18.6 Å². The van der Waals surface area contributed by atoms with Crippen molar-refractivity contribution in [3.05, 3.63) is 0 Å². The summed E-state index contributed by atoms with van der Waals surface area (Å²) in [5, 5.41) is 7.58. The normalized spacial score (nSPS) is 14.1. The Morgan fingerprint density at radius 2 is 2.00 bits per heavy atom. The van der Waals surface area contributed by atoms with Crippen LogP contribution in [0.15, 0.2) is 8.68 Å². The van der Waals surface area contributed by atoms with Gasteiger partial charge in [-0.1, -0.05) is 34.9 Å². The third-order valence-corrected chi connectivity index (χ3v) is 4.91. The number of rotatable bonds is 5. The number of nitrogens with two attached hydrogens (primary N) is 1. The number of nitrogens with zero attached hydrogens (tertiary/aromatic N) is 2. The number of halogens is 3. The summed E-state index contributed by atoms with van der Waals surface area (Å²) in [5.74, 6) is -1.60. The van der Waals surface area contributed by atoms with Crippen molar-refractivity contribution in [2.24, 2.45) is 11.7 Å². The van der Waals surface area contributed by atoms with Crippen LogP contribution in [0.5, 0.6) is 0 Å². The highest BCUT2D eigenvalue weighted by Gasteiger charge is 2.38. The summed E-state index contributed by atoms with van der Waals surface area (Å²) in [6, 6.07) is 0. The van der Waals surface area contributed by atoms with Crippen molar-refractivity contribution in [3.63, 3.8) is 0 Å². The lowest BCUT2D eigenvalue weighted by Gasteiger charge is -2.16. The topological polar surface area (TPSA) is 51.8 Å². The molecule has 1 aromatic rings. The largest absolute Gasteiger partial charge is 0.393 e. The first-order valence-corrected chi connectivity index (χ1v) is 7.27. The molecule has 0 aliphatic carbocycles. The summed E-state index contributed by atoms with van der Waals surface area (Å²) >= 11 is 3.76. The van der Waals surface area contributed by atoms with Crippen molar-refractivity contribution in [2.75, 3.05) is 18.6 Å². The van der Waals surface area contributed by atoms with Gasteiger partial charge in [0.15, 0.2) is 8.68 Å². The van der Waals surface area contributed by atoms with Crippen molar-refractivity contribution < 1.29 is 13.2 Å². The maximum Gasteiger partial charge on any atom is 0.393 e. The Morgan fingerprint density at radius 1 is 1.38 bits per heavy atom. The van der Waals surface area contributed by atoms with E-state index in [1.165, 1.54) is 23.1 Å². The molecule has 1 unspecified atom stereocenters. The van der Waals surface area contributed by atoms with Crippen LogP contribution in [-0.2, 0) is 0 Å². The molecular formula is C7H10F3N3S3. The van der Waals surface area contributed by atoms with Crippen molar-refractivity contribution in [1.29, 1.82) is 0 Å². The lowest BCUT2D eigenvalue weighted by Crippen LogP contribution is -2.32. The van der Waals surface area contributed by atoms with Gasteiger partial charge in [0.2, 0.25) is 0 Å². The van der Waals surface area contributed by atoms with Gasteiger partial charge >= 0.3 is 6.18 Å². The Morgan fingerprint density at radius 3 is 2.44 bits per heavy atom. The molecule has 0 aromatic carbocycles. The van der Waals surface area contributed by atoms with Crippen LogP contribution in [0.3, 0.4) is 0 Å². The van der Waals surface area contributed by atoms with E-state index in [4.69, 9.17) is 5.73 Å². The lowest BCUT2D eigenvalue weighted by atomic mass is 10.2. The Labute approximate surface area is 103 Å². The first-order valence-electron chi connectivity index (χ1n) is 4.24. The number of thioether (sulfide) groups is 2. The highest BCUT2D eigenvalue weighted by molar-refractivity contribution is 8.02. The van der Waals surface area contributed by atoms with Crippen LogP contribution in [0.4, 0.5) is 13.2 Å². The fraction of sp³-hybridized carbons (Fsp3) is 0.714. The standard InChI is InChI=1S/C7H10F3N3S3/c1-14-5-12-13-6(16-5)15-3-4(2-11)7(8,9)10/h4H,2-3,11H2,1H3. The van der Waals surface area contributed by atoms with E-state index in [1.807, 2.05) is 6.26 Å². The van der Waals surface area contributed by atoms with Gasteiger partial charge in [0.05, 0.1) is 5.92 Å². The highest BCUT2D eigenvalue weighted by atomic mass is 32.2. The van der Waals surface area contributed by atoms with Crippen molar-refractivity contribution in [1.82, 2.24) is 10.2 Å². The third kappa shape index (κ3) is 4.11. The number of aromatic nitrogens is 2. The van der Waals surface area contributed by atoms with E-state index >= 15 is 0 Å². The van der Waals surface area contributed by atoms with Crippen LogP contribution in [-0.4, -0.2) is 34.9 Å². The van der Waals surface area contributed by atoms with Gasteiger partial charge in [-0.05, 0) is 6.26 Å². The van der Waals surface area contributed by atoms with Gasteiger partial charge in [-0.2, -0.15) is 13.2 Å². The second kappa shape index (κ2) is 6.08. The third-order valence-electron chi connectivity index (χ3n) is 1.72. The van der Waals surface area contributed by atoms with Gasteiger partial charge in [0.25, 0.3) is 0 Å². The molecule has 9 heteroatoms. The van der Waals surface area contributed by atoms with Crippen LogP contribution in [0.1, 0.15) is 0 Å². The maximum absolute atomic E-state index is 12.4. The summed E-state index contributed by atoms with van der Waals surface area (Å²) in [6.45, 7) is -0.398. The molecular weight excluding hydrogens is 279 g/mol. The fourth-order valence-electron chi connectivity index (χ4n) is 0.806. The molecule has 0 saturated carbocycles. The summed E-state index contributed by atoms with van der Waals surface area (Å²) in [6.07, 6.45) is -2.40. The number of hydrogen-bond donors (Lipinski definition) is 1. The van der Waals surface area contributed by atoms with Crippen LogP contribution >= 0.6 is 34.9 Å². The number of hydrogen-bond acceptors (Lipinski definition) is 6. The average Bonchev–Trinajstić information content (AvgIpc) is 2.64. The first kappa shape index (κ1) is 14.1. The quantitative estimate of drug-likeness (QED) is 0.844. The molecule has 16 heavy (non-hydrogen) atoms. The Balaban J connectivity index is 2.49. The van der Waals surface area contributed by atoms with Gasteiger partial charge in [-0.3, -0.25) is 0 Å². The molecule has 0 radical (unpaired) electrons. The summed E-state index contributed by atoms with van der Waals surface area (Å²) < 4.78 is 38.4. The second-order valence-electron chi connectivity index (χ2n) is 2.82. The fourth-order valence-corrected chi connectivity index (χ4v) is 3.41. The molecule has 0 saturated heterocycles. The molecule has 3 nitrogen and oxygen atoms in total. The predicted octanol–water partition coefficient (Wildman–Crippen LogP) is 2.49. The van der Waals surface area contributed by atoms with E-state index in [2.05, 4.69) is 10.2 Å². The lowest BCUT2D eigenvalue weighted by molar-refractivity contribution is -0.165. The van der Waals surface area contributed by atoms with Crippen molar-refractivity contribution in [2.45, 2.75) is 14.9 Å². The summed E-state index contributed by atoms with van der Waals surface area (Å²) in [7, 11) is 0. The maximum atomic E-state index is 12.4. The Kier molecular flexibility index (Phi) is 5.35. The minimum Gasteiger partial charge on any atom is -0.330 e. The number of alkyl halides is 3. The molecule has 1 rings (SSSR count). The van der Waals surface area contributed by atoms with E-state index in [0.29, 0.717) is 4.34 Å². The zero-order valence-corrected chi connectivity index (χ0v) is 10.8. The van der Waals surface area contributed by atoms with E-state index in [9.17, 15) is 13.2 Å². The second-order valence-corrected chi connectivity index (χ2v) is 6.12. The molecule has 0 bridgehead atoms. The minimum absolute atomic E-state index is 0.108. The molecule has 0 aliphatic heterocycles. The van der Waals surface area contributed by atoms with Gasteiger partial charge in [0, 0.05) is 12.3 Å². The van der Waals surface area contributed by atoms with Gasteiger partial charge in [0.1, 0.15) is 0 Å². The van der Waals surface area contributed by atoms with Gasteiger partial charge in [-0.25, -0.2) is 0 Å². The van der Waals surface area contributed by atoms with E-state index in [0.717, 1.165) is 16.1 Å². The van der Waals surface area contributed by atoms with E-state index in [-0.39, 0.29) is 5.75 Å². The predicted molar refractivity (Wildman–Crippen MR) is 61.0 cm³/mol. The molecule has 0 amide bonds. The molecule has 0 aliphatic rings. The summed E-state index contributed by atoms with van der Waals surface area (Å²) in [5.41, 5.74) is 5.08. The van der Waals surface area contributed by atoms with Crippen LogP contribution in [0.25, 0.3) is 0 Å². The summed E-state index contributed by atoms with van der Waals surface area (Å²) in [4.78, 5) is 0. The molecule has 1 atom stereocenters. The van der Waals surface area contributed by atoms with Gasteiger partial charge in [-0.15, -0.1) is 10.2 Å². The Hall–Kier alpha value is 0.01000. The molecule has 0 fully saturated rings. The van der Waals surface area contributed by atoms with Crippen molar-refractivity contribution in [3.8, 4) is 0 Å². The highest BCUT2D eigenvalue weighted by Crippen LogP contribution is 2.33. The SMILES string of the molecule is CSc1nnc(SCC(CN)C(F)(F)F)s1.